The minimum Gasteiger partial charge on any atom is -0.455 e. The number of carbonyl (C=O) groups is 1. The fourth-order valence-electron chi connectivity index (χ4n) is 3.36. The summed E-state index contributed by atoms with van der Waals surface area (Å²) in [5, 5.41) is 7.12. The molecule has 2 N–H and O–H groups in total. The monoisotopic (exact) mass is 483 g/mol. The Bertz CT molecular complexity index is 1380. The Morgan fingerprint density at radius 2 is 2.06 bits per heavy atom. The van der Waals surface area contributed by atoms with E-state index in [-0.39, 0.29) is 5.91 Å². The number of amides is 1. The highest BCUT2D eigenvalue weighted by atomic mass is 32.2. The van der Waals surface area contributed by atoms with Crippen LogP contribution in [0.1, 0.15) is 17.5 Å². The number of hydrogen-bond acceptors (Lipinski definition) is 7. The molecule has 2 heterocycles. The van der Waals surface area contributed by atoms with E-state index in [1.165, 1.54) is 11.8 Å². The van der Waals surface area contributed by atoms with Gasteiger partial charge in [0.05, 0.1) is 17.5 Å². The van der Waals surface area contributed by atoms with Crippen molar-refractivity contribution < 1.29 is 9.53 Å². The Balaban J connectivity index is 1.47. The molecular formula is C27H25N5O2S. The van der Waals surface area contributed by atoms with Gasteiger partial charge in [0.15, 0.2) is 0 Å². The fraction of sp³-hybridized carbons (Fsp3) is 0.185. The smallest absolute Gasteiger partial charge is 0.230 e. The van der Waals surface area contributed by atoms with Crippen LogP contribution in [-0.2, 0) is 4.79 Å². The summed E-state index contributed by atoms with van der Waals surface area (Å²) in [4.78, 5) is 24.4. The van der Waals surface area contributed by atoms with Crippen LogP contribution in [0.5, 0.6) is 11.5 Å². The lowest BCUT2D eigenvalue weighted by Gasteiger charge is -2.12. The summed E-state index contributed by atoms with van der Waals surface area (Å²) < 4.78 is 5.92. The average Bonchev–Trinajstić information content (AvgIpc) is 2.86. The number of aryl methyl sites for hydroxylation is 1. The number of hydrogen-bond donors (Lipinski definition) is 2. The average molecular weight is 484 g/mol. The summed E-state index contributed by atoms with van der Waals surface area (Å²) in [6.45, 7) is 2.53. The van der Waals surface area contributed by atoms with E-state index in [0.29, 0.717) is 30.3 Å². The third-order valence-corrected chi connectivity index (χ3v) is 5.57. The highest BCUT2D eigenvalue weighted by Gasteiger charge is 2.08. The summed E-state index contributed by atoms with van der Waals surface area (Å²) in [7, 11) is 0. The van der Waals surface area contributed by atoms with Crippen LogP contribution < -0.4 is 15.4 Å². The fourth-order valence-corrected chi connectivity index (χ4v) is 3.72. The van der Waals surface area contributed by atoms with E-state index >= 15 is 0 Å². The van der Waals surface area contributed by atoms with E-state index in [1.54, 1.807) is 18.7 Å². The maximum Gasteiger partial charge on any atom is 0.230 e. The predicted molar refractivity (Wildman–Crippen MR) is 141 cm³/mol. The zero-order valence-electron chi connectivity index (χ0n) is 19.5. The van der Waals surface area contributed by atoms with Crippen molar-refractivity contribution in [3.63, 3.8) is 0 Å². The molecule has 7 nitrogen and oxygen atoms in total. The van der Waals surface area contributed by atoms with Gasteiger partial charge in [-0.25, -0.2) is 9.97 Å². The van der Waals surface area contributed by atoms with Crippen LogP contribution in [0.4, 0.5) is 11.5 Å². The van der Waals surface area contributed by atoms with Crippen molar-refractivity contribution in [2.45, 2.75) is 13.3 Å². The van der Waals surface area contributed by atoms with Gasteiger partial charge in [-0.15, -0.1) is 0 Å². The summed E-state index contributed by atoms with van der Waals surface area (Å²) in [6.07, 6.45) is 7.42. The largest absolute Gasteiger partial charge is 0.455 e. The maximum atomic E-state index is 11.5. The number of ether oxygens (including phenoxy) is 1. The lowest BCUT2D eigenvalue weighted by Crippen LogP contribution is -2.25. The van der Waals surface area contributed by atoms with Crippen LogP contribution in [0.2, 0.25) is 0 Å². The minimum absolute atomic E-state index is 0.0322. The zero-order chi connectivity index (χ0) is 24.5. The second kappa shape index (κ2) is 11.9. The van der Waals surface area contributed by atoms with Gasteiger partial charge >= 0.3 is 0 Å². The number of rotatable bonds is 8. The van der Waals surface area contributed by atoms with E-state index in [9.17, 15) is 4.79 Å². The first-order valence-electron chi connectivity index (χ1n) is 11.1. The van der Waals surface area contributed by atoms with Crippen molar-refractivity contribution in [2.24, 2.45) is 0 Å². The normalized spacial score (nSPS) is 10.3. The molecule has 176 valence electrons. The number of benzene rings is 2. The lowest BCUT2D eigenvalue weighted by molar-refractivity contribution is -0.118. The summed E-state index contributed by atoms with van der Waals surface area (Å²) >= 11 is 1.50. The highest BCUT2D eigenvalue weighted by Crippen LogP contribution is 2.29. The Kier molecular flexibility index (Phi) is 8.15. The molecule has 0 unspecified atom stereocenters. The second-order valence-electron chi connectivity index (χ2n) is 7.69. The van der Waals surface area contributed by atoms with Gasteiger partial charge in [0.2, 0.25) is 5.91 Å². The summed E-state index contributed by atoms with van der Waals surface area (Å²) in [5.74, 6) is 8.92. The number of pyridine rings is 1. The predicted octanol–water partition coefficient (Wildman–Crippen LogP) is 5.09. The molecule has 35 heavy (non-hydrogen) atoms. The Morgan fingerprint density at radius 1 is 1.14 bits per heavy atom. The van der Waals surface area contributed by atoms with Gasteiger partial charge in [0.25, 0.3) is 0 Å². The first kappa shape index (κ1) is 24.0. The van der Waals surface area contributed by atoms with Crippen molar-refractivity contribution in [3.8, 4) is 23.3 Å². The molecule has 0 aliphatic carbocycles. The SMILES string of the molecule is CSCC(=O)NCCC#Cc1ccc2ncnc(Nc3ccc(Oc4cccnc4)c(C)c3)c2c1. The molecule has 0 fully saturated rings. The van der Waals surface area contributed by atoms with E-state index in [1.807, 2.05) is 61.7 Å². The number of fused-ring (bicyclic) bond motifs is 1. The maximum absolute atomic E-state index is 11.5. The van der Waals surface area contributed by atoms with Crippen molar-refractivity contribution >= 4 is 40.1 Å². The standard InChI is InChI=1S/C27H25N5O2S/c1-19-14-21(9-11-25(19)34-22-7-5-12-28-16-22)32-27-23-15-20(8-10-24(23)30-18-31-27)6-3-4-13-29-26(33)17-35-2/h5,7-12,14-16,18H,4,13,17H2,1-2H3,(H,29,33)(H,30,31,32). The first-order chi connectivity index (χ1) is 17.1. The number of aromatic nitrogens is 3. The Labute approximate surface area is 208 Å². The summed E-state index contributed by atoms with van der Waals surface area (Å²) in [6, 6.07) is 15.4. The van der Waals surface area contributed by atoms with E-state index in [4.69, 9.17) is 4.74 Å². The van der Waals surface area contributed by atoms with Crippen LogP contribution in [0, 0.1) is 18.8 Å². The summed E-state index contributed by atoms with van der Waals surface area (Å²) in [5.41, 5.74) is 3.56. The second-order valence-corrected chi connectivity index (χ2v) is 8.55. The number of nitrogens with zero attached hydrogens (tertiary/aromatic N) is 3. The highest BCUT2D eigenvalue weighted by molar-refractivity contribution is 7.99. The van der Waals surface area contributed by atoms with Crippen LogP contribution in [0.25, 0.3) is 10.9 Å². The van der Waals surface area contributed by atoms with Gasteiger partial charge in [-0.05, 0) is 67.3 Å². The van der Waals surface area contributed by atoms with E-state index < -0.39 is 0 Å². The van der Waals surface area contributed by atoms with Crippen molar-refractivity contribution in [1.29, 1.82) is 0 Å². The molecule has 4 rings (SSSR count). The third kappa shape index (κ3) is 6.71. The molecule has 8 heteroatoms. The lowest BCUT2D eigenvalue weighted by atomic mass is 10.1. The molecule has 0 radical (unpaired) electrons. The van der Waals surface area contributed by atoms with E-state index in [2.05, 4.69) is 37.4 Å². The van der Waals surface area contributed by atoms with Gasteiger partial charge in [0, 0.05) is 35.8 Å². The molecule has 2 aromatic carbocycles. The molecular weight excluding hydrogens is 458 g/mol. The van der Waals surface area contributed by atoms with Gasteiger partial charge in [0.1, 0.15) is 23.6 Å². The van der Waals surface area contributed by atoms with Crippen LogP contribution in [0.15, 0.2) is 67.3 Å². The Hall–Kier alpha value is -4.09. The van der Waals surface area contributed by atoms with Crippen LogP contribution in [0.3, 0.4) is 0 Å². The number of anilines is 2. The molecule has 1 amide bonds. The quantitative estimate of drug-likeness (QED) is 0.267. The number of thioether (sulfide) groups is 1. The molecule has 0 aliphatic heterocycles. The van der Waals surface area contributed by atoms with Crippen molar-refractivity contribution in [2.75, 3.05) is 23.9 Å². The first-order valence-corrected chi connectivity index (χ1v) is 12.5. The van der Waals surface area contributed by atoms with Crippen molar-refractivity contribution in [3.05, 3.63) is 78.4 Å². The molecule has 4 aromatic rings. The number of nitrogens with one attached hydrogen (secondary N) is 2. The zero-order valence-corrected chi connectivity index (χ0v) is 20.4. The molecule has 0 atom stereocenters. The van der Waals surface area contributed by atoms with Crippen molar-refractivity contribution in [1.82, 2.24) is 20.3 Å². The molecule has 0 saturated heterocycles. The van der Waals surface area contributed by atoms with Gasteiger partial charge < -0.3 is 15.4 Å². The van der Waals surface area contributed by atoms with Gasteiger partial charge in [-0.2, -0.15) is 11.8 Å². The van der Waals surface area contributed by atoms with Gasteiger partial charge in [-0.3, -0.25) is 9.78 Å². The molecule has 0 saturated carbocycles. The van der Waals surface area contributed by atoms with Crippen LogP contribution in [-0.4, -0.2) is 39.4 Å². The topological polar surface area (TPSA) is 89.0 Å². The molecule has 2 aromatic heterocycles. The number of carbonyl (C=O) groups excluding carboxylic acids is 1. The van der Waals surface area contributed by atoms with Gasteiger partial charge in [-0.1, -0.05) is 11.8 Å². The van der Waals surface area contributed by atoms with Crippen LogP contribution >= 0.6 is 11.8 Å². The molecule has 0 bridgehead atoms. The molecule has 0 spiro atoms. The Morgan fingerprint density at radius 3 is 2.86 bits per heavy atom. The van der Waals surface area contributed by atoms with E-state index in [0.717, 1.165) is 33.5 Å². The third-order valence-electron chi connectivity index (χ3n) is 5.02. The minimum atomic E-state index is 0.0322. The molecule has 0 aliphatic rings.